The van der Waals surface area contributed by atoms with Crippen LogP contribution in [-0.4, -0.2) is 18.3 Å². The molecule has 1 aliphatic rings. The summed E-state index contributed by atoms with van der Waals surface area (Å²) >= 11 is 1.64. The Bertz CT molecular complexity index is 248. The van der Waals surface area contributed by atoms with Crippen LogP contribution in [0.2, 0.25) is 0 Å². The zero-order chi connectivity index (χ0) is 9.15. The Kier molecular flexibility index (Phi) is 2.67. The van der Waals surface area contributed by atoms with Gasteiger partial charge in [-0.25, -0.2) is 0 Å². The van der Waals surface area contributed by atoms with E-state index < -0.39 is 5.60 Å². The summed E-state index contributed by atoms with van der Waals surface area (Å²) in [4.78, 5) is 0. The van der Waals surface area contributed by atoms with Gasteiger partial charge in [0, 0.05) is 19.6 Å². The van der Waals surface area contributed by atoms with Crippen LogP contribution in [0.4, 0.5) is 0 Å². The standard InChI is InChI=1S/C10H14O2S/c11-10(9-2-7-13-8-9)3-1-5-12-6-4-10/h2,7-8,11H,1,3-6H2. The van der Waals surface area contributed by atoms with Crippen molar-refractivity contribution < 1.29 is 9.84 Å². The lowest BCUT2D eigenvalue weighted by atomic mass is 9.89. The second kappa shape index (κ2) is 3.78. The van der Waals surface area contributed by atoms with Crippen molar-refractivity contribution in [1.82, 2.24) is 0 Å². The molecule has 2 heterocycles. The third-order valence-electron chi connectivity index (χ3n) is 2.60. The molecule has 3 heteroatoms. The van der Waals surface area contributed by atoms with Crippen molar-refractivity contribution in [3.63, 3.8) is 0 Å². The molecule has 2 nitrogen and oxygen atoms in total. The first-order chi connectivity index (χ1) is 6.31. The van der Waals surface area contributed by atoms with Gasteiger partial charge in [-0.05, 0) is 35.2 Å². The Morgan fingerprint density at radius 3 is 3.08 bits per heavy atom. The maximum absolute atomic E-state index is 10.3. The van der Waals surface area contributed by atoms with Crippen LogP contribution < -0.4 is 0 Å². The van der Waals surface area contributed by atoms with Crippen molar-refractivity contribution in [2.45, 2.75) is 24.9 Å². The third kappa shape index (κ3) is 1.93. The van der Waals surface area contributed by atoms with E-state index in [2.05, 4.69) is 0 Å². The first kappa shape index (κ1) is 9.19. The Labute approximate surface area is 82.2 Å². The molecule has 1 N–H and O–H groups in total. The van der Waals surface area contributed by atoms with Crippen molar-refractivity contribution in [1.29, 1.82) is 0 Å². The van der Waals surface area contributed by atoms with E-state index in [1.807, 2.05) is 16.8 Å². The molecule has 1 aromatic heterocycles. The van der Waals surface area contributed by atoms with E-state index in [1.165, 1.54) is 0 Å². The molecule has 1 fully saturated rings. The minimum Gasteiger partial charge on any atom is -0.385 e. The Balaban J connectivity index is 2.17. The monoisotopic (exact) mass is 198 g/mol. The van der Waals surface area contributed by atoms with Crippen LogP contribution in [0.25, 0.3) is 0 Å². The molecule has 72 valence electrons. The van der Waals surface area contributed by atoms with Gasteiger partial charge in [0.2, 0.25) is 0 Å². The lowest BCUT2D eigenvalue weighted by Gasteiger charge is -2.24. The smallest absolute Gasteiger partial charge is 0.0927 e. The molecule has 1 unspecified atom stereocenters. The molecular formula is C10H14O2S. The molecule has 2 rings (SSSR count). The zero-order valence-corrected chi connectivity index (χ0v) is 8.35. The first-order valence-electron chi connectivity index (χ1n) is 4.64. The van der Waals surface area contributed by atoms with Gasteiger partial charge in [-0.1, -0.05) is 0 Å². The molecule has 0 spiro atoms. The minimum atomic E-state index is -0.628. The zero-order valence-electron chi connectivity index (χ0n) is 7.53. The van der Waals surface area contributed by atoms with E-state index in [9.17, 15) is 5.11 Å². The molecule has 0 saturated carbocycles. The van der Waals surface area contributed by atoms with Gasteiger partial charge in [-0.3, -0.25) is 0 Å². The minimum absolute atomic E-state index is 0.628. The van der Waals surface area contributed by atoms with Gasteiger partial charge in [-0.2, -0.15) is 11.3 Å². The van der Waals surface area contributed by atoms with Crippen molar-refractivity contribution >= 4 is 11.3 Å². The van der Waals surface area contributed by atoms with E-state index in [1.54, 1.807) is 11.3 Å². The molecular weight excluding hydrogens is 184 g/mol. The third-order valence-corrected chi connectivity index (χ3v) is 3.28. The molecule has 1 saturated heterocycles. The molecule has 1 aromatic rings. The lowest BCUT2D eigenvalue weighted by molar-refractivity contribution is 0.0148. The summed E-state index contributed by atoms with van der Waals surface area (Å²) in [5, 5.41) is 14.4. The molecule has 13 heavy (non-hydrogen) atoms. The van der Waals surface area contributed by atoms with Gasteiger partial charge in [0.25, 0.3) is 0 Å². The predicted octanol–water partition coefficient (Wildman–Crippen LogP) is 2.14. The quantitative estimate of drug-likeness (QED) is 0.749. The van der Waals surface area contributed by atoms with Crippen LogP contribution in [0.5, 0.6) is 0 Å². The second-order valence-corrected chi connectivity index (χ2v) is 4.29. The maximum Gasteiger partial charge on any atom is 0.0927 e. The van der Waals surface area contributed by atoms with E-state index >= 15 is 0 Å². The van der Waals surface area contributed by atoms with Crippen LogP contribution in [0, 0.1) is 0 Å². The highest BCUT2D eigenvalue weighted by atomic mass is 32.1. The van der Waals surface area contributed by atoms with Crippen LogP contribution in [0.1, 0.15) is 24.8 Å². The van der Waals surface area contributed by atoms with Crippen LogP contribution in [-0.2, 0) is 10.3 Å². The van der Waals surface area contributed by atoms with E-state index in [4.69, 9.17) is 4.74 Å². The molecule has 0 aromatic carbocycles. The van der Waals surface area contributed by atoms with Crippen LogP contribution >= 0.6 is 11.3 Å². The molecule has 0 amide bonds. The fourth-order valence-electron chi connectivity index (χ4n) is 1.75. The van der Waals surface area contributed by atoms with Crippen molar-refractivity contribution in [2.75, 3.05) is 13.2 Å². The number of ether oxygens (including phenoxy) is 1. The van der Waals surface area contributed by atoms with Crippen molar-refractivity contribution in [3.05, 3.63) is 22.4 Å². The fraction of sp³-hybridized carbons (Fsp3) is 0.600. The van der Waals surface area contributed by atoms with Gasteiger partial charge in [0.1, 0.15) is 0 Å². The highest BCUT2D eigenvalue weighted by molar-refractivity contribution is 7.08. The predicted molar refractivity (Wildman–Crippen MR) is 52.9 cm³/mol. The topological polar surface area (TPSA) is 29.5 Å². The highest BCUT2D eigenvalue weighted by Crippen LogP contribution is 2.33. The summed E-state index contributed by atoms with van der Waals surface area (Å²) in [6.45, 7) is 1.46. The molecule has 0 bridgehead atoms. The molecule has 1 atom stereocenters. The highest BCUT2D eigenvalue weighted by Gasteiger charge is 2.30. The summed E-state index contributed by atoms with van der Waals surface area (Å²) < 4.78 is 5.33. The average molecular weight is 198 g/mol. The summed E-state index contributed by atoms with van der Waals surface area (Å²) in [6.07, 6.45) is 2.50. The van der Waals surface area contributed by atoms with E-state index in [0.29, 0.717) is 6.61 Å². The lowest BCUT2D eigenvalue weighted by Crippen LogP contribution is -2.25. The summed E-state index contributed by atoms with van der Waals surface area (Å²) in [7, 11) is 0. The SMILES string of the molecule is OC1(c2ccsc2)CCCOCC1. The first-order valence-corrected chi connectivity index (χ1v) is 5.58. The largest absolute Gasteiger partial charge is 0.385 e. The summed E-state index contributed by atoms with van der Waals surface area (Å²) in [5.41, 5.74) is 0.430. The van der Waals surface area contributed by atoms with E-state index in [0.717, 1.165) is 31.4 Å². The Morgan fingerprint density at radius 2 is 2.31 bits per heavy atom. The summed E-state index contributed by atoms with van der Waals surface area (Å²) in [5.74, 6) is 0. The molecule has 0 radical (unpaired) electrons. The maximum atomic E-state index is 10.3. The number of aliphatic hydroxyl groups is 1. The van der Waals surface area contributed by atoms with Crippen molar-refractivity contribution in [2.24, 2.45) is 0 Å². The Morgan fingerprint density at radius 1 is 1.38 bits per heavy atom. The normalized spacial score (nSPS) is 29.9. The van der Waals surface area contributed by atoms with Gasteiger partial charge >= 0.3 is 0 Å². The van der Waals surface area contributed by atoms with Gasteiger partial charge in [-0.15, -0.1) is 0 Å². The molecule has 1 aliphatic heterocycles. The number of hydrogen-bond acceptors (Lipinski definition) is 3. The number of rotatable bonds is 1. The fourth-order valence-corrected chi connectivity index (χ4v) is 2.50. The van der Waals surface area contributed by atoms with Crippen LogP contribution in [0.3, 0.4) is 0 Å². The number of thiophene rings is 1. The summed E-state index contributed by atoms with van der Waals surface area (Å²) in [6, 6.07) is 2.01. The van der Waals surface area contributed by atoms with Gasteiger partial charge in [0.05, 0.1) is 5.60 Å². The van der Waals surface area contributed by atoms with Crippen molar-refractivity contribution in [3.8, 4) is 0 Å². The van der Waals surface area contributed by atoms with Gasteiger partial charge in [0.15, 0.2) is 0 Å². The molecule has 0 aliphatic carbocycles. The van der Waals surface area contributed by atoms with E-state index in [-0.39, 0.29) is 0 Å². The number of hydrogen-bond donors (Lipinski definition) is 1. The Hall–Kier alpha value is -0.380. The van der Waals surface area contributed by atoms with Crippen LogP contribution in [0.15, 0.2) is 16.8 Å². The van der Waals surface area contributed by atoms with Gasteiger partial charge < -0.3 is 9.84 Å². The second-order valence-electron chi connectivity index (χ2n) is 3.51. The average Bonchev–Trinajstić information content (AvgIpc) is 2.57.